The molecule has 1 heterocycles. The Bertz CT molecular complexity index is 636. The molecule has 0 atom stereocenters. The molecule has 106 valence electrons. The Morgan fingerprint density at radius 1 is 1.40 bits per heavy atom. The van der Waals surface area contributed by atoms with Crippen LogP contribution in [0, 0.1) is 0 Å². The number of carboxylic acids is 1. The van der Waals surface area contributed by atoms with E-state index in [1.807, 2.05) is 13.0 Å². The SMILES string of the molecule is CCn1nnc2cc(C(=O)NCCCC(=O)O)ccc21. The van der Waals surface area contributed by atoms with E-state index in [-0.39, 0.29) is 12.3 Å². The van der Waals surface area contributed by atoms with E-state index in [2.05, 4.69) is 15.6 Å². The molecule has 0 bridgehead atoms. The molecule has 1 amide bonds. The fourth-order valence-corrected chi connectivity index (χ4v) is 1.89. The van der Waals surface area contributed by atoms with E-state index in [0.29, 0.717) is 24.0 Å². The third kappa shape index (κ3) is 3.11. The zero-order valence-electron chi connectivity index (χ0n) is 11.2. The number of amides is 1. The van der Waals surface area contributed by atoms with Gasteiger partial charge < -0.3 is 10.4 Å². The van der Waals surface area contributed by atoms with Gasteiger partial charge in [0.15, 0.2) is 0 Å². The molecule has 1 aromatic heterocycles. The largest absolute Gasteiger partial charge is 0.481 e. The minimum atomic E-state index is -0.864. The number of nitrogens with zero attached hydrogens (tertiary/aromatic N) is 3. The monoisotopic (exact) mass is 276 g/mol. The van der Waals surface area contributed by atoms with Gasteiger partial charge in [0.1, 0.15) is 5.52 Å². The van der Waals surface area contributed by atoms with Crippen molar-refractivity contribution < 1.29 is 14.7 Å². The van der Waals surface area contributed by atoms with Gasteiger partial charge >= 0.3 is 5.97 Å². The van der Waals surface area contributed by atoms with E-state index in [4.69, 9.17) is 5.11 Å². The Hall–Kier alpha value is -2.44. The highest BCUT2D eigenvalue weighted by Gasteiger charge is 2.09. The highest BCUT2D eigenvalue weighted by Crippen LogP contribution is 2.13. The average Bonchev–Trinajstić information content (AvgIpc) is 2.85. The first kappa shape index (κ1) is 14.0. The summed E-state index contributed by atoms with van der Waals surface area (Å²) in [5, 5.41) is 19.2. The molecule has 0 saturated heterocycles. The van der Waals surface area contributed by atoms with Gasteiger partial charge in [-0.2, -0.15) is 0 Å². The second-order valence-corrected chi connectivity index (χ2v) is 4.36. The molecule has 0 aliphatic carbocycles. The molecular formula is C13H16N4O3. The lowest BCUT2D eigenvalue weighted by molar-refractivity contribution is -0.137. The van der Waals surface area contributed by atoms with Crippen molar-refractivity contribution in [1.82, 2.24) is 20.3 Å². The van der Waals surface area contributed by atoms with Gasteiger partial charge in [0, 0.05) is 25.1 Å². The summed E-state index contributed by atoms with van der Waals surface area (Å²) >= 11 is 0. The smallest absolute Gasteiger partial charge is 0.303 e. The summed E-state index contributed by atoms with van der Waals surface area (Å²) in [4.78, 5) is 22.3. The van der Waals surface area contributed by atoms with Crippen LogP contribution in [0.3, 0.4) is 0 Å². The lowest BCUT2D eigenvalue weighted by atomic mass is 10.2. The van der Waals surface area contributed by atoms with Gasteiger partial charge in [-0.15, -0.1) is 5.10 Å². The van der Waals surface area contributed by atoms with Crippen LogP contribution in [-0.2, 0) is 11.3 Å². The summed E-state index contributed by atoms with van der Waals surface area (Å²) in [5.74, 6) is -1.10. The van der Waals surface area contributed by atoms with E-state index in [9.17, 15) is 9.59 Å². The van der Waals surface area contributed by atoms with Crippen molar-refractivity contribution in [1.29, 1.82) is 0 Å². The number of aryl methyl sites for hydroxylation is 1. The molecule has 0 fully saturated rings. The van der Waals surface area contributed by atoms with Gasteiger partial charge in [-0.3, -0.25) is 9.59 Å². The molecule has 7 nitrogen and oxygen atoms in total. The van der Waals surface area contributed by atoms with Crippen molar-refractivity contribution in [3.63, 3.8) is 0 Å². The number of fused-ring (bicyclic) bond motifs is 1. The predicted octanol–water partition coefficient (Wildman–Crippen LogP) is 1.05. The maximum absolute atomic E-state index is 11.9. The molecule has 2 rings (SSSR count). The molecule has 20 heavy (non-hydrogen) atoms. The topological polar surface area (TPSA) is 97.1 Å². The van der Waals surface area contributed by atoms with E-state index in [1.165, 1.54) is 0 Å². The number of carbonyl (C=O) groups is 2. The van der Waals surface area contributed by atoms with Gasteiger partial charge in [-0.1, -0.05) is 5.21 Å². The van der Waals surface area contributed by atoms with Gasteiger partial charge in [0.05, 0.1) is 5.52 Å². The Labute approximate surface area is 115 Å². The Balaban J connectivity index is 2.01. The zero-order chi connectivity index (χ0) is 14.5. The molecule has 0 saturated carbocycles. The lowest BCUT2D eigenvalue weighted by Gasteiger charge is -2.04. The number of benzene rings is 1. The third-order valence-corrected chi connectivity index (χ3v) is 2.93. The van der Waals surface area contributed by atoms with Crippen molar-refractivity contribution in [2.75, 3.05) is 6.54 Å². The summed E-state index contributed by atoms with van der Waals surface area (Å²) in [6.07, 6.45) is 0.458. The summed E-state index contributed by atoms with van der Waals surface area (Å²) < 4.78 is 1.75. The fraction of sp³-hybridized carbons (Fsp3) is 0.385. The van der Waals surface area contributed by atoms with Crippen LogP contribution >= 0.6 is 0 Å². The first-order valence-electron chi connectivity index (χ1n) is 6.45. The number of rotatable bonds is 6. The van der Waals surface area contributed by atoms with Crippen molar-refractivity contribution in [3.8, 4) is 0 Å². The first-order chi connectivity index (χ1) is 9.61. The standard InChI is InChI=1S/C13H16N4O3/c1-2-17-11-6-5-9(8-10(11)15-16-17)13(20)14-7-3-4-12(18)19/h5-6,8H,2-4,7H2,1H3,(H,14,20)(H,18,19). The third-order valence-electron chi connectivity index (χ3n) is 2.93. The number of carbonyl (C=O) groups excluding carboxylic acids is 1. The molecule has 7 heteroatoms. The molecule has 0 unspecified atom stereocenters. The van der Waals surface area contributed by atoms with Crippen LogP contribution in [0.1, 0.15) is 30.1 Å². The summed E-state index contributed by atoms with van der Waals surface area (Å²) in [5.41, 5.74) is 2.05. The molecular weight excluding hydrogens is 260 g/mol. The average molecular weight is 276 g/mol. The summed E-state index contributed by atoms with van der Waals surface area (Å²) in [6.45, 7) is 3.03. The van der Waals surface area contributed by atoms with Crippen LogP contribution in [-0.4, -0.2) is 38.5 Å². The fourth-order valence-electron chi connectivity index (χ4n) is 1.89. The van der Waals surface area contributed by atoms with Crippen LogP contribution in [0.2, 0.25) is 0 Å². The number of aromatic nitrogens is 3. The van der Waals surface area contributed by atoms with Gasteiger partial charge in [0.2, 0.25) is 0 Å². The van der Waals surface area contributed by atoms with E-state index >= 15 is 0 Å². The van der Waals surface area contributed by atoms with E-state index < -0.39 is 5.97 Å². The molecule has 2 N–H and O–H groups in total. The van der Waals surface area contributed by atoms with Crippen LogP contribution in [0.4, 0.5) is 0 Å². The second kappa shape index (κ2) is 6.14. The van der Waals surface area contributed by atoms with Gasteiger partial charge in [0.25, 0.3) is 5.91 Å². The zero-order valence-corrected chi connectivity index (χ0v) is 11.2. The van der Waals surface area contributed by atoms with Crippen LogP contribution in [0.25, 0.3) is 11.0 Å². The molecule has 0 radical (unpaired) electrons. The second-order valence-electron chi connectivity index (χ2n) is 4.36. The summed E-state index contributed by atoms with van der Waals surface area (Å²) in [6, 6.07) is 5.20. The highest BCUT2D eigenvalue weighted by molar-refractivity contribution is 5.97. The van der Waals surface area contributed by atoms with Crippen molar-refractivity contribution in [3.05, 3.63) is 23.8 Å². The molecule has 0 aliphatic heterocycles. The maximum atomic E-state index is 11.9. The Morgan fingerprint density at radius 3 is 2.90 bits per heavy atom. The summed E-state index contributed by atoms with van der Waals surface area (Å²) in [7, 11) is 0. The maximum Gasteiger partial charge on any atom is 0.303 e. The van der Waals surface area contributed by atoms with Gasteiger partial charge in [-0.25, -0.2) is 4.68 Å². The normalized spacial score (nSPS) is 10.7. The van der Waals surface area contributed by atoms with E-state index in [1.54, 1.807) is 16.8 Å². The van der Waals surface area contributed by atoms with Crippen LogP contribution in [0.5, 0.6) is 0 Å². The Kier molecular flexibility index (Phi) is 4.29. The quantitative estimate of drug-likeness (QED) is 0.768. The van der Waals surface area contributed by atoms with Crippen LogP contribution < -0.4 is 5.32 Å². The van der Waals surface area contributed by atoms with E-state index in [0.717, 1.165) is 12.1 Å². The number of carboxylic acid groups (broad SMARTS) is 1. The van der Waals surface area contributed by atoms with Crippen molar-refractivity contribution in [2.45, 2.75) is 26.3 Å². The first-order valence-corrected chi connectivity index (χ1v) is 6.45. The lowest BCUT2D eigenvalue weighted by Crippen LogP contribution is -2.24. The van der Waals surface area contributed by atoms with Crippen molar-refractivity contribution >= 4 is 22.9 Å². The number of nitrogens with one attached hydrogen (secondary N) is 1. The van der Waals surface area contributed by atoms with Gasteiger partial charge in [-0.05, 0) is 31.5 Å². The Morgan fingerprint density at radius 2 is 2.20 bits per heavy atom. The molecule has 1 aromatic carbocycles. The minimum Gasteiger partial charge on any atom is -0.481 e. The highest BCUT2D eigenvalue weighted by atomic mass is 16.4. The van der Waals surface area contributed by atoms with Crippen LogP contribution in [0.15, 0.2) is 18.2 Å². The molecule has 2 aromatic rings. The molecule has 0 spiro atoms. The molecule has 0 aliphatic rings. The number of aliphatic carboxylic acids is 1. The number of hydrogen-bond donors (Lipinski definition) is 2. The predicted molar refractivity (Wildman–Crippen MR) is 72.4 cm³/mol. The van der Waals surface area contributed by atoms with Crippen molar-refractivity contribution in [2.24, 2.45) is 0 Å². The number of hydrogen-bond acceptors (Lipinski definition) is 4. The minimum absolute atomic E-state index is 0.0458.